The van der Waals surface area contributed by atoms with Gasteiger partial charge in [0.15, 0.2) is 12.2 Å². The second-order valence-corrected chi connectivity index (χ2v) is 9.65. The third-order valence-corrected chi connectivity index (χ3v) is 5.82. The first-order chi connectivity index (χ1) is 20.4. The number of hydrogen-bond acceptors (Lipinski definition) is 14. The van der Waals surface area contributed by atoms with Crippen molar-refractivity contribution in [1.82, 2.24) is 26.7 Å². The molecule has 1 saturated heterocycles. The van der Waals surface area contributed by atoms with Crippen LogP contribution in [0.3, 0.4) is 0 Å². The molecule has 6 N–H and O–H groups in total. The minimum Gasteiger partial charge on any atom is -0.463 e. The molecule has 1 aliphatic heterocycles. The van der Waals surface area contributed by atoms with E-state index in [1.165, 1.54) is 13.8 Å². The van der Waals surface area contributed by atoms with Gasteiger partial charge in [0.2, 0.25) is 24.0 Å². The summed E-state index contributed by atoms with van der Waals surface area (Å²) < 4.78 is 21.6. The maximum Gasteiger partial charge on any atom is 0.303 e. The zero-order chi connectivity index (χ0) is 32.2. The van der Waals surface area contributed by atoms with E-state index in [9.17, 15) is 28.8 Å². The minimum atomic E-state index is -1.27. The van der Waals surface area contributed by atoms with E-state index in [1.54, 1.807) is 0 Å². The van der Waals surface area contributed by atoms with Crippen molar-refractivity contribution in [2.45, 2.75) is 90.4 Å². The smallest absolute Gasteiger partial charge is 0.303 e. The summed E-state index contributed by atoms with van der Waals surface area (Å²) in [6, 6.07) is -1.12. The summed E-state index contributed by atoms with van der Waals surface area (Å²) in [5.41, 5.74) is 2.66. The lowest BCUT2D eigenvalue weighted by Gasteiger charge is -2.44. The van der Waals surface area contributed by atoms with Crippen molar-refractivity contribution < 1.29 is 57.7 Å². The molecule has 1 fully saturated rings. The van der Waals surface area contributed by atoms with Crippen LogP contribution in [0.25, 0.3) is 0 Å². The third-order valence-electron chi connectivity index (χ3n) is 5.82. The number of esters is 3. The number of amides is 3. The van der Waals surface area contributed by atoms with E-state index in [2.05, 4.69) is 26.7 Å². The summed E-state index contributed by atoms with van der Waals surface area (Å²) in [4.78, 5) is 76.5. The number of aliphatic hydroxyl groups excluding tert-OH is 1. The molecule has 0 aromatic rings. The van der Waals surface area contributed by atoms with Crippen molar-refractivity contribution >= 4 is 35.6 Å². The Kier molecular flexibility index (Phi) is 18.7. The molecular formula is C26H45N5O12. The predicted octanol–water partition coefficient (Wildman–Crippen LogP) is -2.11. The lowest BCUT2D eigenvalue weighted by molar-refractivity contribution is -0.292. The van der Waals surface area contributed by atoms with Gasteiger partial charge in [0, 0.05) is 60.2 Å². The Labute approximate surface area is 250 Å². The summed E-state index contributed by atoms with van der Waals surface area (Å²) in [7, 11) is 0. The van der Waals surface area contributed by atoms with Gasteiger partial charge in [0.1, 0.15) is 18.8 Å². The molecule has 0 spiro atoms. The van der Waals surface area contributed by atoms with Gasteiger partial charge in [0.25, 0.3) is 0 Å². The molecule has 1 rings (SSSR count). The molecule has 5 unspecified atom stereocenters. The first-order valence-corrected chi connectivity index (χ1v) is 14.1. The van der Waals surface area contributed by atoms with Gasteiger partial charge in [0.05, 0.1) is 6.73 Å². The second kappa shape index (κ2) is 21.3. The lowest BCUT2D eigenvalue weighted by atomic mass is 9.96. The summed E-state index contributed by atoms with van der Waals surface area (Å²) in [6.07, 6.45) is -2.81. The van der Waals surface area contributed by atoms with Crippen molar-refractivity contribution in [2.75, 3.05) is 39.5 Å². The average molecular weight is 620 g/mol. The SMILES string of the molecule is CC(=O)NC1C(ONCCCC(=O)NCCCNC(=O)CCCNCO)OC(COC(C)=O)C(OC(C)=O)C1OC(C)=O. The van der Waals surface area contributed by atoms with Gasteiger partial charge < -0.3 is 40.0 Å². The molecule has 0 aliphatic carbocycles. The molecular weight excluding hydrogens is 574 g/mol. The molecule has 5 atom stereocenters. The van der Waals surface area contributed by atoms with Crippen molar-refractivity contribution in [2.24, 2.45) is 0 Å². The number of nitrogens with one attached hydrogen (secondary N) is 5. The molecule has 1 aliphatic rings. The maximum absolute atomic E-state index is 12.1. The highest BCUT2D eigenvalue weighted by molar-refractivity contribution is 5.76. The topological polar surface area (TPSA) is 229 Å². The number of hydrogen-bond donors (Lipinski definition) is 6. The van der Waals surface area contributed by atoms with Crippen molar-refractivity contribution in [3.63, 3.8) is 0 Å². The second-order valence-electron chi connectivity index (χ2n) is 9.65. The van der Waals surface area contributed by atoms with E-state index in [4.69, 9.17) is 28.9 Å². The molecule has 1 heterocycles. The molecule has 17 heteroatoms. The minimum absolute atomic E-state index is 0.0985. The third kappa shape index (κ3) is 16.7. The number of carbonyl (C=O) groups excluding carboxylic acids is 6. The van der Waals surface area contributed by atoms with Crippen molar-refractivity contribution in [3.05, 3.63) is 0 Å². The highest BCUT2D eigenvalue weighted by Gasteiger charge is 2.51. The lowest BCUT2D eigenvalue weighted by Crippen LogP contribution is -2.67. The number of ether oxygens (including phenoxy) is 4. The molecule has 0 saturated carbocycles. The maximum atomic E-state index is 12.1. The van der Waals surface area contributed by atoms with Gasteiger partial charge in [-0.2, -0.15) is 5.48 Å². The molecule has 246 valence electrons. The number of aliphatic hydroxyl groups is 1. The van der Waals surface area contributed by atoms with Crippen LogP contribution >= 0.6 is 0 Å². The summed E-state index contributed by atoms with van der Waals surface area (Å²) in [6.45, 7) is 5.75. The van der Waals surface area contributed by atoms with Gasteiger partial charge in [-0.3, -0.25) is 38.9 Å². The van der Waals surface area contributed by atoms with Crippen molar-refractivity contribution in [3.8, 4) is 0 Å². The van der Waals surface area contributed by atoms with E-state index >= 15 is 0 Å². The molecule has 0 aromatic heterocycles. The molecule has 3 amide bonds. The molecule has 0 radical (unpaired) electrons. The van der Waals surface area contributed by atoms with Crippen LogP contribution in [0.5, 0.6) is 0 Å². The first-order valence-electron chi connectivity index (χ1n) is 14.1. The first kappa shape index (κ1) is 37.6. The summed E-state index contributed by atoms with van der Waals surface area (Å²) >= 11 is 0. The van der Waals surface area contributed by atoms with Crippen LogP contribution in [0.4, 0.5) is 0 Å². The number of rotatable bonds is 20. The fraction of sp³-hybridized carbons (Fsp3) is 0.769. The van der Waals surface area contributed by atoms with E-state index < -0.39 is 54.5 Å². The van der Waals surface area contributed by atoms with Gasteiger partial charge in [-0.05, 0) is 25.8 Å². The van der Waals surface area contributed by atoms with Gasteiger partial charge in [-0.15, -0.1) is 0 Å². The molecule has 43 heavy (non-hydrogen) atoms. The van der Waals surface area contributed by atoms with E-state index in [0.29, 0.717) is 45.3 Å². The van der Waals surface area contributed by atoms with Gasteiger partial charge in [-0.25, -0.2) is 0 Å². The average Bonchev–Trinajstić information content (AvgIpc) is 2.91. The highest BCUT2D eigenvalue weighted by Crippen LogP contribution is 2.27. The van der Waals surface area contributed by atoms with Gasteiger partial charge >= 0.3 is 17.9 Å². The van der Waals surface area contributed by atoms with Crippen molar-refractivity contribution in [1.29, 1.82) is 0 Å². The van der Waals surface area contributed by atoms with Crippen LogP contribution in [0, 0.1) is 0 Å². The largest absolute Gasteiger partial charge is 0.463 e. The van der Waals surface area contributed by atoms with Crippen LogP contribution in [0.15, 0.2) is 0 Å². The summed E-state index contributed by atoms with van der Waals surface area (Å²) in [5, 5.41) is 19.5. The summed E-state index contributed by atoms with van der Waals surface area (Å²) in [5.74, 6) is -2.88. The molecule has 0 bridgehead atoms. The quantitative estimate of drug-likeness (QED) is 0.0282. The van der Waals surface area contributed by atoms with E-state index in [1.807, 2.05) is 0 Å². The molecule has 17 nitrogen and oxygen atoms in total. The predicted molar refractivity (Wildman–Crippen MR) is 147 cm³/mol. The van der Waals surface area contributed by atoms with Crippen LogP contribution in [0.2, 0.25) is 0 Å². The van der Waals surface area contributed by atoms with Crippen LogP contribution in [-0.2, 0) is 52.6 Å². The Morgan fingerprint density at radius 1 is 0.744 bits per heavy atom. The zero-order valence-corrected chi connectivity index (χ0v) is 25.1. The van der Waals surface area contributed by atoms with Crippen LogP contribution in [-0.4, -0.2) is 111 Å². The zero-order valence-electron chi connectivity index (χ0n) is 25.1. The number of carbonyl (C=O) groups is 6. The molecule has 0 aromatic carbocycles. The van der Waals surface area contributed by atoms with E-state index in [-0.39, 0.29) is 38.1 Å². The van der Waals surface area contributed by atoms with Gasteiger partial charge in [-0.1, -0.05) is 0 Å². The normalized spacial score (nSPS) is 21.3. The Balaban J connectivity index is 2.59. The van der Waals surface area contributed by atoms with Crippen LogP contribution < -0.4 is 26.7 Å². The Morgan fingerprint density at radius 2 is 1.33 bits per heavy atom. The Hall–Kier alpha value is -3.38. The standard InChI is InChI=1S/C26H45N5O12/c1-16(33)31-23-25(41-19(4)36)24(40-18(3)35)20(14-39-17(2)34)42-26(23)43-30-13-6-9-22(38)29-12-7-11-28-21(37)8-5-10-27-15-32/h20,23-27,30,32H,5-15H2,1-4H3,(H,28,37)(H,29,38)(H,31,33). The Bertz CT molecular complexity index is 921. The Morgan fingerprint density at radius 3 is 1.86 bits per heavy atom. The monoisotopic (exact) mass is 619 g/mol. The van der Waals surface area contributed by atoms with Crippen LogP contribution in [0.1, 0.15) is 59.8 Å². The number of hydroxylamine groups is 1. The fourth-order valence-corrected chi connectivity index (χ4v) is 4.03. The van der Waals surface area contributed by atoms with E-state index in [0.717, 1.165) is 13.8 Å². The fourth-order valence-electron chi connectivity index (χ4n) is 4.03. The highest BCUT2D eigenvalue weighted by atomic mass is 16.8.